The molecule has 0 spiro atoms. The Labute approximate surface area is 109 Å². The van der Waals surface area contributed by atoms with Gasteiger partial charge in [0, 0.05) is 6.42 Å². The van der Waals surface area contributed by atoms with Crippen LogP contribution in [0.2, 0.25) is 0 Å². The second-order valence-electron chi connectivity index (χ2n) is 5.58. The minimum atomic E-state index is 0.949. The fraction of sp³-hybridized carbons (Fsp3) is 0.562. The molecule has 2 aromatic rings. The standard InChI is InChI=1S/C16H22N2/c1-2-12-7-9-14-15(11-12)18-16(17-14)10-8-13-5-3-4-6-13/h7,9,11,13H,2-6,8,10H2,1H3,(H,17,18). The van der Waals surface area contributed by atoms with Gasteiger partial charge < -0.3 is 4.98 Å². The number of fused-ring (bicyclic) bond motifs is 1. The lowest BCUT2D eigenvalue weighted by Crippen LogP contribution is -1.97. The molecule has 2 heteroatoms. The summed E-state index contributed by atoms with van der Waals surface area (Å²) in [6.45, 7) is 2.19. The van der Waals surface area contributed by atoms with Gasteiger partial charge in [-0.05, 0) is 36.5 Å². The fourth-order valence-electron chi connectivity index (χ4n) is 3.09. The molecule has 0 bridgehead atoms. The van der Waals surface area contributed by atoms with Gasteiger partial charge in [0.2, 0.25) is 0 Å². The summed E-state index contributed by atoms with van der Waals surface area (Å²) in [6, 6.07) is 6.56. The molecule has 3 rings (SSSR count). The maximum atomic E-state index is 4.69. The van der Waals surface area contributed by atoms with Crippen LogP contribution < -0.4 is 0 Å². The smallest absolute Gasteiger partial charge is 0.107 e. The van der Waals surface area contributed by atoms with Gasteiger partial charge in [-0.25, -0.2) is 4.98 Å². The molecule has 1 N–H and O–H groups in total. The number of nitrogens with zero attached hydrogens (tertiary/aromatic N) is 1. The average Bonchev–Trinajstić information content (AvgIpc) is 3.04. The number of benzene rings is 1. The van der Waals surface area contributed by atoms with E-state index in [-0.39, 0.29) is 0 Å². The summed E-state index contributed by atoms with van der Waals surface area (Å²) < 4.78 is 0. The first-order chi connectivity index (χ1) is 8.85. The molecule has 1 aliphatic carbocycles. The highest BCUT2D eigenvalue weighted by Crippen LogP contribution is 2.28. The van der Waals surface area contributed by atoms with Crippen molar-refractivity contribution < 1.29 is 0 Å². The lowest BCUT2D eigenvalue weighted by Gasteiger charge is -2.05. The Morgan fingerprint density at radius 3 is 2.89 bits per heavy atom. The van der Waals surface area contributed by atoms with Gasteiger partial charge >= 0.3 is 0 Å². The van der Waals surface area contributed by atoms with E-state index in [4.69, 9.17) is 4.98 Å². The van der Waals surface area contributed by atoms with Crippen molar-refractivity contribution >= 4 is 11.0 Å². The van der Waals surface area contributed by atoms with E-state index in [1.54, 1.807) is 0 Å². The van der Waals surface area contributed by atoms with Crippen LogP contribution >= 0.6 is 0 Å². The van der Waals surface area contributed by atoms with Gasteiger partial charge in [-0.2, -0.15) is 0 Å². The highest BCUT2D eigenvalue weighted by atomic mass is 14.9. The van der Waals surface area contributed by atoms with Gasteiger partial charge in [0.25, 0.3) is 0 Å². The Bertz CT molecular complexity index is 521. The predicted molar refractivity (Wildman–Crippen MR) is 75.8 cm³/mol. The molecule has 1 aromatic heterocycles. The maximum Gasteiger partial charge on any atom is 0.107 e. The molecule has 0 atom stereocenters. The van der Waals surface area contributed by atoms with E-state index in [9.17, 15) is 0 Å². The zero-order valence-electron chi connectivity index (χ0n) is 11.2. The molecular weight excluding hydrogens is 220 g/mol. The Morgan fingerprint density at radius 1 is 1.28 bits per heavy atom. The SMILES string of the molecule is CCc1ccc2nc(CCC3CCCC3)[nH]c2c1. The molecule has 1 saturated carbocycles. The third kappa shape index (κ3) is 2.43. The largest absolute Gasteiger partial charge is 0.342 e. The number of imidazole rings is 1. The molecule has 96 valence electrons. The van der Waals surface area contributed by atoms with Crippen molar-refractivity contribution in [3.05, 3.63) is 29.6 Å². The predicted octanol–water partition coefficient (Wildman–Crippen LogP) is 4.25. The number of rotatable bonds is 4. The quantitative estimate of drug-likeness (QED) is 0.853. The highest BCUT2D eigenvalue weighted by Gasteiger charge is 2.15. The van der Waals surface area contributed by atoms with Crippen LogP contribution in [0.15, 0.2) is 18.2 Å². The molecule has 0 unspecified atom stereocenters. The minimum Gasteiger partial charge on any atom is -0.342 e. The van der Waals surface area contributed by atoms with E-state index < -0.39 is 0 Å². The van der Waals surface area contributed by atoms with Crippen molar-refractivity contribution in [2.24, 2.45) is 5.92 Å². The van der Waals surface area contributed by atoms with Crippen LogP contribution in [-0.4, -0.2) is 9.97 Å². The van der Waals surface area contributed by atoms with Crippen molar-refractivity contribution in [2.75, 3.05) is 0 Å². The normalized spacial score (nSPS) is 16.7. The number of hydrogen-bond donors (Lipinski definition) is 1. The summed E-state index contributed by atoms with van der Waals surface area (Å²) in [5.41, 5.74) is 3.71. The Hall–Kier alpha value is -1.31. The van der Waals surface area contributed by atoms with Crippen LogP contribution in [-0.2, 0) is 12.8 Å². The average molecular weight is 242 g/mol. The van der Waals surface area contributed by atoms with Gasteiger partial charge in [-0.1, -0.05) is 38.7 Å². The third-order valence-corrected chi connectivity index (χ3v) is 4.27. The van der Waals surface area contributed by atoms with E-state index in [0.29, 0.717) is 0 Å². The molecule has 2 nitrogen and oxygen atoms in total. The Kier molecular flexibility index (Phi) is 3.35. The summed E-state index contributed by atoms with van der Waals surface area (Å²) in [7, 11) is 0. The van der Waals surface area contributed by atoms with E-state index in [0.717, 1.165) is 24.3 Å². The van der Waals surface area contributed by atoms with Crippen molar-refractivity contribution in [3.8, 4) is 0 Å². The molecule has 0 aliphatic heterocycles. The van der Waals surface area contributed by atoms with Gasteiger partial charge in [-0.15, -0.1) is 0 Å². The number of aromatic nitrogens is 2. The Morgan fingerprint density at radius 2 is 2.11 bits per heavy atom. The number of hydrogen-bond acceptors (Lipinski definition) is 1. The summed E-state index contributed by atoms with van der Waals surface area (Å²) in [6.07, 6.45) is 9.24. The van der Waals surface area contributed by atoms with E-state index in [1.807, 2.05) is 0 Å². The molecule has 0 saturated heterocycles. The van der Waals surface area contributed by atoms with Crippen LogP contribution in [0, 0.1) is 5.92 Å². The molecule has 0 radical (unpaired) electrons. The molecule has 18 heavy (non-hydrogen) atoms. The Balaban J connectivity index is 1.72. The summed E-state index contributed by atoms with van der Waals surface area (Å²) >= 11 is 0. The zero-order chi connectivity index (χ0) is 12.4. The van der Waals surface area contributed by atoms with E-state index in [2.05, 4.69) is 30.1 Å². The number of aromatic amines is 1. The molecule has 1 aliphatic rings. The van der Waals surface area contributed by atoms with Gasteiger partial charge in [-0.3, -0.25) is 0 Å². The molecule has 1 heterocycles. The van der Waals surface area contributed by atoms with Crippen LogP contribution in [0.4, 0.5) is 0 Å². The lowest BCUT2D eigenvalue weighted by atomic mass is 10.0. The summed E-state index contributed by atoms with van der Waals surface area (Å²) in [5, 5.41) is 0. The van der Waals surface area contributed by atoms with Crippen LogP contribution in [0.25, 0.3) is 11.0 Å². The summed E-state index contributed by atoms with van der Waals surface area (Å²) in [5.74, 6) is 2.12. The van der Waals surface area contributed by atoms with E-state index in [1.165, 1.54) is 49.0 Å². The minimum absolute atomic E-state index is 0.949. The zero-order valence-corrected chi connectivity index (χ0v) is 11.2. The summed E-state index contributed by atoms with van der Waals surface area (Å²) in [4.78, 5) is 8.18. The van der Waals surface area contributed by atoms with Gasteiger partial charge in [0.05, 0.1) is 11.0 Å². The topological polar surface area (TPSA) is 28.7 Å². The van der Waals surface area contributed by atoms with Crippen LogP contribution in [0.5, 0.6) is 0 Å². The van der Waals surface area contributed by atoms with Crippen LogP contribution in [0.3, 0.4) is 0 Å². The first kappa shape index (κ1) is 11.8. The fourth-order valence-corrected chi connectivity index (χ4v) is 3.09. The second-order valence-corrected chi connectivity index (χ2v) is 5.58. The van der Waals surface area contributed by atoms with Gasteiger partial charge in [0.1, 0.15) is 5.82 Å². The molecule has 1 fully saturated rings. The van der Waals surface area contributed by atoms with Crippen molar-refractivity contribution in [1.82, 2.24) is 9.97 Å². The lowest BCUT2D eigenvalue weighted by molar-refractivity contribution is 0.498. The van der Waals surface area contributed by atoms with Crippen molar-refractivity contribution in [1.29, 1.82) is 0 Å². The third-order valence-electron chi connectivity index (χ3n) is 4.27. The molecular formula is C16H22N2. The second kappa shape index (κ2) is 5.13. The first-order valence-corrected chi connectivity index (χ1v) is 7.32. The monoisotopic (exact) mass is 242 g/mol. The van der Waals surface area contributed by atoms with Crippen molar-refractivity contribution in [3.63, 3.8) is 0 Å². The van der Waals surface area contributed by atoms with E-state index >= 15 is 0 Å². The number of nitrogens with one attached hydrogen (secondary N) is 1. The van der Waals surface area contributed by atoms with Crippen molar-refractivity contribution in [2.45, 2.75) is 51.9 Å². The number of H-pyrrole nitrogens is 1. The maximum absolute atomic E-state index is 4.69. The molecule has 0 amide bonds. The highest BCUT2D eigenvalue weighted by molar-refractivity contribution is 5.75. The number of aryl methyl sites for hydroxylation is 2. The first-order valence-electron chi connectivity index (χ1n) is 7.32. The van der Waals surface area contributed by atoms with Gasteiger partial charge in [0.15, 0.2) is 0 Å². The molecule has 1 aromatic carbocycles. The van der Waals surface area contributed by atoms with Crippen LogP contribution in [0.1, 0.15) is 50.4 Å².